The van der Waals surface area contributed by atoms with E-state index in [0.717, 1.165) is 0 Å². The van der Waals surface area contributed by atoms with Crippen LogP contribution in [0.5, 0.6) is 0 Å². The Bertz CT molecular complexity index is 555. The van der Waals surface area contributed by atoms with Gasteiger partial charge in [-0.3, -0.25) is 0 Å². The van der Waals surface area contributed by atoms with Gasteiger partial charge in [-0.1, -0.05) is 0 Å². The minimum absolute atomic E-state index is 1.31. The van der Waals surface area contributed by atoms with E-state index in [1.54, 1.807) is 3.71 Å². The summed E-state index contributed by atoms with van der Waals surface area (Å²) in [5.74, 6) is 0. The third-order valence-corrected chi connectivity index (χ3v) is 20.6. The fraction of sp³-hybridized carbons (Fsp3) is 0.571. The van der Waals surface area contributed by atoms with Crippen molar-refractivity contribution in [3.63, 3.8) is 0 Å². The first-order chi connectivity index (χ1) is 11.8. The first-order valence-electron chi connectivity index (χ1n) is 9.86. The Morgan fingerprint density at radius 2 is 1.38 bits per heavy atom. The standard InChI is InChI=1S/C9H7N2.3C4H9.Sn/c1-2-4-8(5-3-1)9-6-10-11-7-9;3*1-3-4-2;/h1-6H,(H,10,11);3*1,3-4H2,2H3;. The second-order valence-corrected chi connectivity index (χ2v) is 20.1. The van der Waals surface area contributed by atoms with Crippen molar-refractivity contribution in [2.24, 2.45) is 0 Å². The fourth-order valence-corrected chi connectivity index (χ4v) is 20.0. The molecule has 0 bridgehead atoms. The molecule has 1 heterocycles. The summed E-state index contributed by atoms with van der Waals surface area (Å²) in [7, 11) is 0. The van der Waals surface area contributed by atoms with Gasteiger partial charge in [0, 0.05) is 0 Å². The zero-order valence-corrected chi connectivity index (χ0v) is 18.6. The van der Waals surface area contributed by atoms with Crippen LogP contribution in [-0.4, -0.2) is 28.6 Å². The Balaban J connectivity index is 2.43. The molecule has 0 atom stereocenters. The molecular formula is C21H34N2Sn. The summed E-state index contributed by atoms with van der Waals surface area (Å²) in [4.78, 5) is 0. The summed E-state index contributed by atoms with van der Waals surface area (Å²) in [6.45, 7) is 7.00. The zero-order chi connectivity index (χ0) is 17.3. The first kappa shape index (κ1) is 19.6. The molecule has 3 heteroatoms. The van der Waals surface area contributed by atoms with Crippen LogP contribution in [0, 0.1) is 0 Å². The van der Waals surface area contributed by atoms with E-state index in [9.17, 15) is 0 Å². The topological polar surface area (TPSA) is 28.7 Å². The summed E-state index contributed by atoms with van der Waals surface area (Å²) in [6, 6.07) is 10.9. The first-order valence-corrected chi connectivity index (χ1v) is 17.3. The molecule has 0 aliphatic carbocycles. The van der Waals surface area contributed by atoms with E-state index in [2.05, 4.69) is 67.5 Å². The number of benzene rings is 1. The molecule has 1 aromatic heterocycles. The van der Waals surface area contributed by atoms with Crippen LogP contribution in [-0.2, 0) is 0 Å². The molecular weight excluding hydrogens is 399 g/mol. The average Bonchev–Trinajstić information content (AvgIpc) is 3.12. The number of unbranched alkanes of at least 4 members (excludes halogenated alkanes) is 3. The van der Waals surface area contributed by atoms with Crippen molar-refractivity contribution in [2.45, 2.75) is 72.6 Å². The van der Waals surface area contributed by atoms with E-state index < -0.39 is 18.4 Å². The van der Waals surface area contributed by atoms with E-state index in [1.165, 1.54) is 63.0 Å². The van der Waals surface area contributed by atoms with Crippen molar-refractivity contribution in [1.82, 2.24) is 10.2 Å². The number of aromatic nitrogens is 2. The fourth-order valence-electron chi connectivity index (χ4n) is 3.82. The molecule has 2 nitrogen and oxygen atoms in total. The van der Waals surface area contributed by atoms with Crippen molar-refractivity contribution < 1.29 is 0 Å². The van der Waals surface area contributed by atoms with E-state index in [-0.39, 0.29) is 0 Å². The quantitative estimate of drug-likeness (QED) is 0.425. The molecule has 2 aromatic rings. The molecule has 0 aliphatic rings. The van der Waals surface area contributed by atoms with Crippen LogP contribution in [0.2, 0.25) is 13.3 Å². The van der Waals surface area contributed by atoms with Crippen LogP contribution in [0.4, 0.5) is 0 Å². The Morgan fingerprint density at radius 3 is 1.88 bits per heavy atom. The van der Waals surface area contributed by atoms with E-state index >= 15 is 0 Å². The molecule has 0 amide bonds. The van der Waals surface area contributed by atoms with Crippen LogP contribution >= 0.6 is 0 Å². The predicted octanol–water partition coefficient (Wildman–Crippen LogP) is 6.13. The molecule has 24 heavy (non-hydrogen) atoms. The van der Waals surface area contributed by atoms with Gasteiger partial charge in [-0.15, -0.1) is 0 Å². The molecule has 0 fully saturated rings. The number of hydrogen-bond acceptors (Lipinski definition) is 1. The van der Waals surface area contributed by atoms with Crippen molar-refractivity contribution in [3.05, 3.63) is 36.5 Å². The van der Waals surface area contributed by atoms with Gasteiger partial charge in [0.15, 0.2) is 0 Å². The van der Waals surface area contributed by atoms with Gasteiger partial charge in [0.05, 0.1) is 0 Å². The number of aromatic amines is 1. The Morgan fingerprint density at radius 1 is 0.833 bits per heavy atom. The van der Waals surface area contributed by atoms with Crippen molar-refractivity contribution in [3.8, 4) is 11.1 Å². The molecule has 1 aromatic carbocycles. The monoisotopic (exact) mass is 434 g/mol. The summed E-state index contributed by atoms with van der Waals surface area (Å²) in [5.41, 5.74) is 2.74. The molecule has 0 saturated heterocycles. The molecule has 132 valence electrons. The number of H-pyrrole nitrogens is 1. The number of rotatable bonds is 11. The van der Waals surface area contributed by atoms with Crippen molar-refractivity contribution in [1.29, 1.82) is 0 Å². The maximum absolute atomic E-state index is 4.52. The van der Waals surface area contributed by atoms with Gasteiger partial charge in [-0.05, 0) is 0 Å². The maximum atomic E-state index is 4.52. The van der Waals surface area contributed by atoms with Crippen molar-refractivity contribution in [2.75, 3.05) is 0 Å². The van der Waals surface area contributed by atoms with Crippen molar-refractivity contribution >= 4 is 22.1 Å². The molecule has 1 N–H and O–H groups in total. The number of nitrogens with one attached hydrogen (secondary N) is 1. The van der Waals surface area contributed by atoms with Crippen LogP contribution in [0.25, 0.3) is 11.1 Å². The molecule has 0 aliphatic heterocycles. The van der Waals surface area contributed by atoms with Gasteiger partial charge in [0.25, 0.3) is 0 Å². The summed E-state index contributed by atoms with van der Waals surface area (Å²) in [6.07, 6.45) is 10.2. The molecule has 0 radical (unpaired) electrons. The van der Waals surface area contributed by atoms with E-state index in [4.69, 9.17) is 0 Å². The van der Waals surface area contributed by atoms with E-state index in [0.29, 0.717) is 0 Å². The van der Waals surface area contributed by atoms with Gasteiger partial charge >= 0.3 is 153 Å². The van der Waals surface area contributed by atoms with Crippen LogP contribution < -0.4 is 3.71 Å². The van der Waals surface area contributed by atoms with Gasteiger partial charge in [-0.2, -0.15) is 0 Å². The SMILES string of the molecule is CCC[CH2][Sn]([CH2]CCC)([CH2]CCC)[c]1[nH]ncc1-c1ccccc1. The summed E-state index contributed by atoms with van der Waals surface area (Å²) < 4.78 is 6.03. The number of hydrogen-bond donors (Lipinski definition) is 1. The summed E-state index contributed by atoms with van der Waals surface area (Å²) >= 11 is -2.44. The van der Waals surface area contributed by atoms with Gasteiger partial charge < -0.3 is 0 Å². The Hall–Kier alpha value is -0.771. The zero-order valence-electron chi connectivity index (χ0n) is 15.8. The average molecular weight is 433 g/mol. The number of nitrogens with zero attached hydrogens (tertiary/aromatic N) is 1. The molecule has 2 rings (SSSR count). The van der Waals surface area contributed by atoms with E-state index in [1.807, 2.05) is 0 Å². The van der Waals surface area contributed by atoms with Crippen LogP contribution in [0.3, 0.4) is 0 Å². The molecule has 0 spiro atoms. The third kappa shape index (κ3) is 4.87. The second kappa shape index (κ2) is 10.3. The normalized spacial score (nSPS) is 11.8. The Labute approximate surface area is 152 Å². The van der Waals surface area contributed by atoms with Gasteiger partial charge in [0.1, 0.15) is 0 Å². The predicted molar refractivity (Wildman–Crippen MR) is 109 cm³/mol. The minimum atomic E-state index is -2.44. The third-order valence-electron chi connectivity index (χ3n) is 5.28. The second-order valence-electron chi connectivity index (χ2n) is 7.12. The van der Waals surface area contributed by atoms with Crippen LogP contribution in [0.1, 0.15) is 59.3 Å². The van der Waals surface area contributed by atoms with Crippen LogP contribution in [0.15, 0.2) is 36.5 Å². The van der Waals surface area contributed by atoms with Gasteiger partial charge in [0.2, 0.25) is 0 Å². The molecule has 0 saturated carbocycles. The van der Waals surface area contributed by atoms with Gasteiger partial charge in [-0.25, -0.2) is 0 Å². The summed E-state index contributed by atoms with van der Waals surface area (Å²) in [5, 5.41) is 8.03. The Kier molecular flexibility index (Phi) is 8.37. The molecule has 0 unspecified atom stereocenters.